The Morgan fingerprint density at radius 1 is 1.56 bits per heavy atom. The highest BCUT2D eigenvalue weighted by atomic mass is 16.4. The van der Waals surface area contributed by atoms with Crippen LogP contribution in [0.4, 0.5) is 0 Å². The van der Waals surface area contributed by atoms with Crippen LogP contribution in [0.1, 0.15) is 29.8 Å². The highest BCUT2D eigenvalue weighted by molar-refractivity contribution is 5.86. The number of hydrogen-bond acceptors (Lipinski definition) is 3. The van der Waals surface area contributed by atoms with Gasteiger partial charge in [0.25, 0.3) is 0 Å². The minimum atomic E-state index is -0.999. The van der Waals surface area contributed by atoms with Crippen LogP contribution >= 0.6 is 0 Å². The summed E-state index contributed by atoms with van der Waals surface area (Å²) in [4.78, 5) is 15.0. The largest absolute Gasteiger partial charge is 0.476 e. The minimum absolute atomic E-state index is 0.113. The lowest BCUT2D eigenvalue weighted by molar-refractivity contribution is 0.0688. The third-order valence-electron chi connectivity index (χ3n) is 3.18. The van der Waals surface area contributed by atoms with Crippen LogP contribution in [-0.2, 0) is 6.54 Å². The number of aromatic carboxylic acids is 1. The molecule has 0 spiro atoms. The molecule has 0 unspecified atom stereocenters. The van der Waals surface area contributed by atoms with Crippen LogP contribution in [0.5, 0.6) is 0 Å². The van der Waals surface area contributed by atoms with Gasteiger partial charge < -0.3 is 5.11 Å². The summed E-state index contributed by atoms with van der Waals surface area (Å²) in [6.07, 6.45) is 6.80. The molecule has 6 heteroatoms. The number of carboxylic acids is 1. The van der Waals surface area contributed by atoms with Crippen molar-refractivity contribution in [3.8, 4) is 0 Å². The lowest BCUT2D eigenvalue weighted by Gasteiger charge is -2.25. The first-order valence-corrected chi connectivity index (χ1v) is 5.38. The monoisotopic (exact) mass is 220 g/mol. The highest BCUT2D eigenvalue weighted by Gasteiger charge is 2.20. The van der Waals surface area contributed by atoms with Gasteiger partial charge in [-0.3, -0.25) is 4.57 Å². The molecule has 2 aromatic rings. The molecule has 1 fully saturated rings. The molecule has 1 N–H and O–H groups in total. The summed E-state index contributed by atoms with van der Waals surface area (Å²) in [5.41, 5.74) is 0.113. The van der Waals surface area contributed by atoms with Gasteiger partial charge in [-0.25, -0.2) is 9.78 Å². The Morgan fingerprint density at radius 2 is 2.38 bits per heavy atom. The SMILES string of the molecule is O=C(O)c1cnc2n(CC3CCC3)cnn12. The predicted molar refractivity (Wildman–Crippen MR) is 55.3 cm³/mol. The highest BCUT2D eigenvalue weighted by Crippen LogP contribution is 2.28. The van der Waals surface area contributed by atoms with Gasteiger partial charge in [-0.1, -0.05) is 6.42 Å². The molecule has 0 bridgehead atoms. The molecule has 0 saturated heterocycles. The maximum Gasteiger partial charge on any atom is 0.356 e. The molecule has 84 valence electrons. The van der Waals surface area contributed by atoms with Crippen LogP contribution in [0.3, 0.4) is 0 Å². The van der Waals surface area contributed by atoms with E-state index in [4.69, 9.17) is 5.11 Å². The molecular weight excluding hydrogens is 208 g/mol. The second-order valence-corrected chi connectivity index (χ2v) is 4.24. The van der Waals surface area contributed by atoms with Crippen LogP contribution in [-0.4, -0.2) is 30.2 Å². The first-order valence-electron chi connectivity index (χ1n) is 5.38. The smallest absolute Gasteiger partial charge is 0.356 e. The van der Waals surface area contributed by atoms with Crippen molar-refractivity contribution >= 4 is 11.7 Å². The molecule has 0 aliphatic heterocycles. The van der Waals surface area contributed by atoms with Crippen LogP contribution in [0.15, 0.2) is 12.5 Å². The summed E-state index contributed by atoms with van der Waals surface area (Å²) in [6.45, 7) is 0.888. The molecule has 1 aliphatic rings. The molecular formula is C10H12N4O2. The van der Waals surface area contributed by atoms with Crippen molar-refractivity contribution in [1.29, 1.82) is 0 Å². The van der Waals surface area contributed by atoms with E-state index in [2.05, 4.69) is 10.1 Å². The Morgan fingerprint density at radius 3 is 3.00 bits per heavy atom. The van der Waals surface area contributed by atoms with Gasteiger partial charge in [0, 0.05) is 6.54 Å². The second-order valence-electron chi connectivity index (χ2n) is 4.24. The number of nitrogens with zero attached hydrogens (tertiary/aromatic N) is 4. The second kappa shape index (κ2) is 3.33. The molecule has 3 rings (SSSR count). The van der Waals surface area contributed by atoms with Crippen molar-refractivity contribution in [3.63, 3.8) is 0 Å². The fourth-order valence-corrected chi connectivity index (χ4v) is 2.04. The normalized spacial score (nSPS) is 16.5. The summed E-state index contributed by atoms with van der Waals surface area (Å²) in [7, 11) is 0. The van der Waals surface area contributed by atoms with Gasteiger partial charge in [-0.15, -0.1) is 0 Å². The summed E-state index contributed by atoms with van der Waals surface area (Å²) < 4.78 is 3.30. The van der Waals surface area contributed by atoms with Crippen LogP contribution in [0.25, 0.3) is 5.78 Å². The van der Waals surface area contributed by atoms with Crippen LogP contribution < -0.4 is 0 Å². The number of hydrogen-bond donors (Lipinski definition) is 1. The Bertz CT molecular complexity index is 538. The van der Waals surface area contributed by atoms with Gasteiger partial charge in [0.15, 0.2) is 5.69 Å². The minimum Gasteiger partial charge on any atom is -0.476 e. The number of carboxylic acid groups (broad SMARTS) is 1. The molecule has 1 saturated carbocycles. The van der Waals surface area contributed by atoms with Gasteiger partial charge in [-0.2, -0.15) is 9.61 Å². The third-order valence-corrected chi connectivity index (χ3v) is 3.18. The number of imidazole rings is 1. The van der Waals surface area contributed by atoms with Crippen molar-refractivity contribution in [2.75, 3.05) is 0 Å². The molecule has 0 amide bonds. The average molecular weight is 220 g/mol. The first kappa shape index (κ1) is 9.38. The van der Waals surface area contributed by atoms with Crippen molar-refractivity contribution in [2.24, 2.45) is 5.92 Å². The van der Waals surface area contributed by atoms with Crippen LogP contribution in [0, 0.1) is 5.92 Å². The summed E-state index contributed by atoms with van der Waals surface area (Å²) in [6, 6.07) is 0. The Hall–Kier alpha value is -1.85. The van der Waals surface area contributed by atoms with Crippen molar-refractivity contribution in [2.45, 2.75) is 25.8 Å². The Balaban J connectivity index is 1.97. The molecule has 16 heavy (non-hydrogen) atoms. The van der Waals surface area contributed by atoms with Crippen LogP contribution in [0.2, 0.25) is 0 Å². The zero-order valence-electron chi connectivity index (χ0n) is 8.70. The van der Waals surface area contributed by atoms with Crippen molar-refractivity contribution < 1.29 is 9.90 Å². The lowest BCUT2D eigenvalue weighted by atomic mass is 9.85. The summed E-state index contributed by atoms with van der Waals surface area (Å²) in [5.74, 6) is 0.314. The van der Waals surface area contributed by atoms with E-state index in [9.17, 15) is 4.79 Å². The molecule has 2 heterocycles. The van der Waals surface area contributed by atoms with E-state index in [-0.39, 0.29) is 5.69 Å². The quantitative estimate of drug-likeness (QED) is 0.838. The number of rotatable bonds is 3. The molecule has 1 aliphatic carbocycles. The topological polar surface area (TPSA) is 72.4 Å². The van der Waals surface area contributed by atoms with Crippen molar-refractivity contribution in [1.82, 2.24) is 19.2 Å². The van der Waals surface area contributed by atoms with E-state index in [1.165, 1.54) is 30.0 Å². The summed E-state index contributed by atoms with van der Waals surface area (Å²) >= 11 is 0. The van der Waals surface area contributed by atoms with Crippen molar-refractivity contribution in [3.05, 3.63) is 18.2 Å². The third kappa shape index (κ3) is 1.30. The number of fused-ring (bicyclic) bond motifs is 1. The molecule has 0 radical (unpaired) electrons. The van der Waals surface area contributed by atoms with Gasteiger partial charge in [0.1, 0.15) is 6.33 Å². The number of carbonyl (C=O) groups is 1. The van der Waals surface area contributed by atoms with Gasteiger partial charge in [0.05, 0.1) is 6.20 Å². The van der Waals surface area contributed by atoms with E-state index in [0.29, 0.717) is 11.7 Å². The zero-order valence-corrected chi connectivity index (χ0v) is 8.70. The molecule has 0 aromatic carbocycles. The van der Waals surface area contributed by atoms with Gasteiger partial charge in [0.2, 0.25) is 5.78 Å². The predicted octanol–water partition coefficient (Wildman–Crippen LogP) is 1.03. The van der Waals surface area contributed by atoms with E-state index in [1.807, 2.05) is 4.57 Å². The molecule has 0 atom stereocenters. The Kier molecular flexibility index (Phi) is 1.95. The van der Waals surface area contributed by atoms with E-state index in [1.54, 1.807) is 6.33 Å². The van der Waals surface area contributed by atoms with Gasteiger partial charge in [-0.05, 0) is 18.8 Å². The molecule has 2 aromatic heterocycles. The zero-order chi connectivity index (χ0) is 11.1. The average Bonchev–Trinajstić information content (AvgIpc) is 2.71. The molecule has 6 nitrogen and oxygen atoms in total. The van der Waals surface area contributed by atoms with E-state index >= 15 is 0 Å². The fourth-order valence-electron chi connectivity index (χ4n) is 2.04. The lowest BCUT2D eigenvalue weighted by Crippen LogP contribution is -2.17. The maximum atomic E-state index is 10.9. The fraction of sp³-hybridized carbons (Fsp3) is 0.500. The number of aromatic nitrogens is 4. The maximum absolute atomic E-state index is 10.9. The van der Waals surface area contributed by atoms with E-state index < -0.39 is 5.97 Å². The first-order chi connectivity index (χ1) is 7.75. The summed E-state index contributed by atoms with van der Waals surface area (Å²) in [5, 5.41) is 13.0. The standard InChI is InChI=1S/C10H12N4O2/c15-9(16)8-4-11-10-13(6-12-14(8)10)5-7-2-1-3-7/h4,6-7H,1-3,5H2,(H,15,16). The van der Waals surface area contributed by atoms with Gasteiger partial charge >= 0.3 is 5.97 Å². The van der Waals surface area contributed by atoms with E-state index in [0.717, 1.165) is 6.54 Å². The Labute approximate surface area is 91.5 Å².